The second kappa shape index (κ2) is 5.19. The van der Waals surface area contributed by atoms with Gasteiger partial charge in [-0.1, -0.05) is 5.21 Å². The molecule has 0 aliphatic carbocycles. The summed E-state index contributed by atoms with van der Waals surface area (Å²) in [6.45, 7) is 1.22. The number of sulfonamides is 1. The van der Waals surface area contributed by atoms with Crippen LogP contribution in [-0.4, -0.2) is 35.7 Å². The van der Waals surface area contributed by atoms with Crippen molar-refractivity contribution in [1.82, 2.24) is 20.3 Å². The molecule has 7 nitrogen and oxygen atoms in total. The molecule has 0 amide bonds. The van der Waals surface area contributed by atoms with Crippen molar-refractivity contribution in [1.29, 1.82) is 0 Å². The van der Waals surface area contributed by atoms with E-state index in [0.29, 0.717) is 19.5 Å². The molecule has 15 heavy (non-hydrogen) atoms. The van der Waals surface area contributed by atoms with Crippen LogP contribution >= 0.6 is 0 Å². The second-order valence-corrected chi connectivity index (χ2v) is 4.98. The van der Waals surface area contributed by atoms with E-state index in [1.165, 1.54) is 0 Å². The maximum atomic E-state index is 10.6. The lowest BCUT2D eigenvalue weighted by molar-refractivity contribution is 0.585. The molecule has 0 saturated carbocycles. The third-order valence-corrected chi connectivity index (χ3v) is 2.75. The maximum Gasteiger partial charge on any atom is 0.209 e. The van der Waals surface area contributed by atoms with Crippen molar-refractivity contribution < 1.29 is 8.42 Å². The van der Waals surface area contributed by atoms with Gasteiger partial charge in [0, 0.05) is 13.6 Å². The molecule has 0 bridgehead atoms. The lowest BCUT2D eigenvalue weighted by Gasteiger charge is -2.03. The lowest BCUT2D eigenvalue weighted by Crippen LogP contribution is -2.22. The summed E-state index contributed by atoms with van der Waals surface area (Å²) in [4.78, 5) is 0. The summed E-state index contributed by atoms with van der Waals surface area (Å²) in [5, 5.41) is 15.4. The molecule has 1 aromatic rings. The molecule has 0 aromatic carbocycles. The van der Waals surface area contributed by atoms with Crippen LogP contribution in [0.5, 0.6) is 0 Å². The summed E-state index contributed by atoms with van der Waals surface area (Å²) in [6, 6.07) is 0. The van der Waals surface area contributed by atoms with Gasteiger partial charge in [-0.05, 0) is 13.0 Å². The summed E-state index contributed by atoms with van der Waals surface area (Å²) in [5.74, 6) is 0.00361. The SMILES string of the molecule is Cn1nncc1CNCCCS(N)(=O)=O. The fourth-order valence-electron chi connectivity index (χ4n) is 1.09. The number of aromatic nitrogens is 3. The van der Waals surface area contributed by atoms with Gasteiger partial charge in [0.15, 0.2) is 0 Å². The fourth-order valence-corrected chi connectivity index (χ4v) is 1.63. The predicted molar refractivity (Wildman–Crippen MR) is 55.3 cm³/mol. The van der Waals surface area contributed by atoms with Crippen LogP contribution in [-0.2, 0) is 23.6 Å². The van der Waals surface area contributed by atoms with Crippen LogP contribution in [0.15, 0.2) is 6.20 Å². The van der Waals surface area contributed by atoms with Gasteiger partial charge in [0.25, 0.3) is 0 Å². The van der Waals surface area contributed by atoms with Gasteiger partial charge in [-0.25, -0.2) is 13.6 Å². The molecule has 0 atom stereocenters. The van der Waals surface area contributed by atoms with E-state index in [1.807, 2.05) is 0 Å². The molecule has 8 heteroatoms. The third kappa shape index (κ3) is 4.86. The van der Waals surface area contributed by atoms with Crippen LogP contribution in [0.4, 0.5) is 0 Å². The molecular formula is C7H15N5O2S. The van der Waals surface area contributed by atoms with Gasteiger partial charge in [-0.2, -0.15) is 0 Å². The summed E-state index contributed by atoms with van der Waals surface area (Å²) in [5.41, 5.74) is 0.950. The lowest BCUT2D eigenvalue weighted by atomic mass is 10.4. The Morgan fingerprint density at radius 2 is 2.33 bits per heavy atom. The molecule has 1 aromatic heterocycles. The van der Waals surface area contributed by atoms with Crippen molar-refractivity contribution in [2.24, 2.45) is 12.2 Å². The van der Waals surface area contributed by atoms with E-state index >= 15 is 0 Å². The van der Waals surface area contributed by atoms with Crippen molar-refractivity contribution in [2.75, 3.05) is 12.3 Å². The average molecular weight is 233 g/mol. The second-order valence-electron chi connectivity index (χ2n) is 3.25. The van der Waals surface area contributed by atoms with Crippen LogP contribution in [0.1, 0.15) is 12.1 Å². The summed E-state index contributed by atoms with van der Waals surface area (Å²) in [7, 11) is -1.54. The summed E-state index contributed by atoms with van der Waals surface area (Å²) >= 11 is 0. The largest absolute Gasteiger partial charge is 0.311 e. The van der Waals surface area contributed by atoms with E-state index in [9.17, 15) is 8.42 Å². The molecule has 0 unspecified atom stereocenters. The number of nitrogens with zero attached hydrogens (tertiary/aromatic N) is 3. The molecule has 1 heterocycles. The average Bonchev–Trinajstić information content (AvgIpc) is 2.49. The van der Waals surface area contributed by atoms with Crippen molar-refractivity contribution in [3.8, 4) is 0 Å². The first-order valence-electron chi connectivity index (χ1n) is 4.54. The Bertz CT molecular complexity index is 399. The van der Waals surface area contributed by atoms with Gasteiger partial charge in [0.05, 0.1) is 17.6 Å². The number of nitrogens with one attached hydrogen (secondary N) is 1. The van der Waals surface area contributed by atoms with Gasteiger partial charge in [0.1, 0.15) is 0 Å². The number of primary sulfonamides is 1. The zero-order chi connectivity index (χ0) is 11.3. The Kier molecular flexibility index (Phi) is 4.18. The number of hydrogen-bond donors (Lipinski definition) is 2. The van der Waals surface area contributed by atoms with Crippen molar-refractivity contribution in [3.05, 3.63) is 11.9 Å². The van der Waals surface area contributed by atoms with Gasteiger partial charge in [0.2, 0.25) is 10.0 Å². The normalized spacial score (nSPS) is 11.9. The van der Waals surface area contributed by atoms with E-state index in [-0.39, 0.29) is 5.75 Å². The first-order chi connectivity index (χ1) is 6.99. The number of hydrogen-bond acceptors (Lipinski definition) is 5. The number of nitrogens with two attached hydrogens (primary N) is 1. The van der Waals surface area contributed by atoms with Crippen molar-refractivity contribution >= 4 is 10.0 Å². The molecule has 86 valence electrons. The van der Waals surface area contributed by atoms with Gasteiger partial charge >= 0.3 is 0 Å². The molecule has 0 aliphatic rings. The standard InChI is InChI=1S/C7H15N5O2S/c1-12-7(6-10-11-12)5-9-3-2-4-15(8,13)14/h6,9H,2-5H2,1H3,(H2,8,13,14). The van der Waals surface area contributed by atoms with Crippen LogP contribution < -0.4 is 10.5 Å². The van der Waals surface area contributed by atoms with Crippen molar-refractivity contribution in [2.45, 2.75) is 13.0 Å². The third-order valence-electron chi connectivity index (χ3n) is 1.90. The minimum atomic E-state index is -3.34. The predicted octanol–water partition coefficient (Wildman–Crippen LogP) is -1.42. The van der Waals surface area contributed by atoms with E-state index in [4.69, 9.17) is 5.14 Å². The molecule has 0 saturated heterocycles. The Balaban J connectivity index is 2.15. The molecule has 0 spiro atoms. The number of rotatable bonds is 6. The quantitative estimate of drug-likeness (QED) is 0.587. The summed E-state index contributed by atoms with van der Waals surface area (Å²) in [6.07, 6.45) is 2.16. The Labute approximate surface area is 88.7 Å². The fraction of sp³-hybridized carbons (Fsp3) is 0.714. The zero-order valence-electron chi connectivity index (χ0n) is 8.55. The highest BCUT2D eigenvalue weighted by molar-refractivity contribution is 7.89. The van der Waals surface area contributed by atoms with Crippen LogP contribution in [0, 0.1) is 0 Å². The molecular weight excluding hydrogens is 218 g/mol. The van der Waals surface area contributed by atoms with Crippen LogP contribution in [0.25, 0.3) is 0 Å². The number of aryl methyl sites for hydroxylation is 1. The Hall–Kier alpha value is -0.990. The Morgan fingerprint density at radius 3 is 2.87 bits per heavy atom. The Morgan fingerprint density at radius 1 is 1.60 bits per heavy atom. The van der Waals surface area contributed by atoms with E-state index in [2.05, 4.69) is 15.6 Å². The molecule has 0 radical (unpaired) electrons. The van der Waals surface area contributed by atoms with Crippen molar-refractivity contribution in [3.63, 3.8) is 0 Å². The highest BCUT2D eigenvalue weighted by Crippen LogP contribution is 1.92. The molecule has 1 rings (SSSR count). The molecule has 3 N–H and O–H groups in total. The highest BCUT2D eigenvalue weighted by Gasteiger charge is 2.02. The van der Waals surface area contributed by atoms with Gasteiger partial charge in [-0.3, -0.25) is 4.68 Å². The van der Waals surface area contributed by atoms with E-state index < -0.39 is 10.0 Å². The topological polar surface area (TPSA) is 103 Å². The van der Waals surface area contributed by atoms with E-state index in [1.54, 1.807) is 17.9 Å². The summed E-state index contributed by atoms with van der Waals surface area (Å²) < 4.78 is 22.9. The van der Waals surface area contributed by atoms with Crippen LogP contribution in [0.2, 0.25) is 0 Å². The monoisotopic (exact) mass is 233 g/mol. The first-order valence-corrected chi connectivity index (χ1v) is 6.25. The minimum Gasteiger partial charge on any atom is -0.311 e. The molecule has 0 fully saturated rings. The maximum absolute atomic E-state index is 10.6. The highest BCUT2D eigenvalue weighted by atomic mass is 32.2. The van der Waals surface area contributed by atoms with Gasteiger partial charge < -0.3 is 5.32 Å². The first kappa shape index (κ1) is 12.1. The zero-order valence-corrected chi connectivity index (χ0v) is 9.37. The van der Waals surface area contributed by atoms with Crippen LogP contribution in [0.3, 0.4) is 0 Å². The molecule has 0 aliphatic heterocycles. The van der Waals surface area contributed by atoms with Gasteiger partial charge in [-0.15, -0.1) is 5.10 Å². The smallest absolute Gasteiger partial charge is 0.209 e. The minimum absolute atomic E-state index is 0.00361. The van der Waals surface area contributed by atoms with E-state index in [0.717, 1.165) is 5.69 Å².